The molecule has 1 aromatic carbocycles. The zero-order chi connectivity index (χ0) is 8.39. The van der Waals surface area contributed by atoms with E-state index in [-0.39, 0.29) is 0 Å². The summed E-state index contributed by atoms with van der Waals surface area (Å²) in [5.41, 5.74) is 2.97. The van der Waals surface area contributed by atoms with E-state index < -0.39 is 0 Å². The quantitative estimate of drug-likeness (QED) is 0.663. The number of hydrogen-bond donors (Lipinski definition) is 0. The Bertz CT molecular complexity index is 278. The van der Waals surface area contributed by atoms with E-state index in [1.807, 2.05) is 0 Å². The highest BCUT2D eigenvalue weighted by molar-refractivity contribution is 5.41. The van der Waals surface area contributed by atoms with E-state index in [0.29, 0.717) is 0 Å². The number of ether oxygens (including phenoxy) is 1. The highest BCUT2D eigenvalue weighted by Crippen LogP contribution is 2.26. The lowest BCUT2D eigenvalue weighted by Crippen LogP contribution is -2.08. The van der Waals surface area contributed by atoms with Crippen molar-refractivity contribution >= 4 is 0 Å². The molecule has 2 rings (SSSR count). The van der Waals surface area contributed by atoms with Gasteiger partial charge >= 0.3 is 0 Å². The molecule has 0 radical (unpaired) electrons. The number of rotatable bonds is 3. The fourth-order valence-corrected chi connectivity index (χ4v) is 1.48. The summed E-state index contributed by atoms with van der Waals surface area (Å²) in [6.07, 6.45) is 3.57. The average molecular weight is 162 g/mol. The first-order valence-corrected chi connectivity index (χ1v) is 4.65. The molecule has 1 nitrogen and oxygen atoms in total. The zero-order valence-corrected chi connectivity index (χ0v) is 7.47. The first kappa shape index (κ1) is 7.66. The highest BCUT2D eigenvalue weighted by atomic mass is 16.5. The number of aryl methyl sites for hydroxylation is 2. The SMILES string of the molecule is CCCOc1ccc2c(c1)CC2. The number of hydrogen-bond acceptors (Lipinski definition) is 1. The molecule has 1 heteroatoms. The Hall–Kier alpha value is -0.980. The van der Waals surface area contributed by atoms with Crippen molar-refractivity contribution in [2.75, 3.05) is 6.61 Å². The predicted molar refractivity (Wildman–Crippen MR) is 49.6 cm³/mol. The summed E-state index contributed by atoms with van der Waals surface area (Å²) in [4.78, 5) is 0. The molecule has 1 aromatic rings. The van der Waals surface area contributed by atoms with E-state index in [1.54, 1.807) is 0 Å². The van der Waals surface area contributed by atoms with E-state index in [0.717, 1.165) is 18.8 Å². The van der Waals surface area contributed by atoms with Gasteiger partial charge in [0.2, 0.25) is 0 Å². The maximum Gasteiger partial charge on any atom is 0.119 e. The van der Waals surface area contributed by atoms with Crippen LogP contribution >= 0.6 is 0 Å². The summed E-state index contributed by atoms with van der Waals surface area (Å²) < 4.78 is 5.52. The van der Waals surface area contributed by atoms with Crippen molar-refractivity contribution in [1.82, 2.24) is 0 Å². The van der Waals surface area contributed by atoms with E-state index in [1.165, 1.54) is 24.0 Å². The van der Waals surface area contributed by atoms with Gasteiger partial charge in [-0.25, -0.2) is 0 Å². The summed E-state index contributed by atoms with van der Waals surface area (Å²) in [5.74, 6) is 1.04. The van der Waals surface area contributed by atoms with Crippen LogP contribution in [0, 0.1) is 0 Å². The lowest BCUT2D eigenvalue weighted by Gasteiger charge is -2.19. The van der Waals surface area contributed by atoms with Gasteiger partial charge in [-0.3, -0.25) is 0 Å². The van der Waals surface area contributed by atoms with Crippen LogP contribution in [0.2, 0.25) is 0 Å². The van der Waals surface area contributed by atoms with Crippen LogP contribution in [0.5, 0.6) is 5.75 Å². The molecule has 0 saturated carbocycles. The summed E-state index contributed by atoms with van der Waals surface area (Å²) in [7, 11) is 0. The fraction of sp³-hybridized carbons (Fsp3) is 0.455. The molecule has 0 amide bonds. The molecule has 0 aliphatic heterocycles. The zero-order valence-electron chi connectivity index (χ0n) is 7.47. The van der Waals surface area contributed by atoms with Gasteiger partial charge in [0.25, 0.3) is 0 Å². The minimum absolute atomic E-state index is 0.832. The van der Waals surface area contributed by atoms with Gasteiger partial charge in [0, 0.05) is 0 Å². The Kier molecular flexibility index (Phi) is 2.03. The lowest BCUT2D eigenvalue weighted by molar-refractivity contribution is 0.316. The second kappa shape index (κ2) is 3.18. The highest BCUT2D eigenvalue weighted by Gasteiger charge is 2.12. The molecule has 12 heavy (non-hydrogen) atoms. The monoisotopic (exact) mass is 162 g/mol. The Morgan fingerprint density at radius 2 is 2.08 bits per heavy atom. The van der Waals surface area contributed by atoms with Crippen LogP contribution in [0.4, 0.5) is 0 Å². The summed E-state index contributed by atoms with van der Waals surface area (Å²) in [6.45, 7) is 2.96. The average Bonchev–Trinajstić information content (AvgIpc) is 2.05. The maximum atomic E-state index is 5.52. The third-order valence-corrected chi connectivity index (χ3v) is 2.31. The van der Waals surface area contributed by atoms with Crippen molar-refractivity contribution in [2.45, 2.75) is 26.2 Å². The summed E-state index contributed by atoms with van der Waals surface area (Å²) in [5, 5.41) is 0. The van der Waals surface area contributed by atoms with Crippen LogP contribution < -0.4 is 4.74 Å². The van der Waals surface area contributed by atoms with Crippen molar-refractivity contribution in [1.29, 1.82) is 0 Å². The third kappa shape index (κ3) is 1.31. The van der Waals surface area contributed by atoms with Crippen LogP contribution in [0.25, 0.3) is 0 Å². The minimum atomic E-state index is 0.832. The van der Waals surface area contributed by atoms with Gasteiger partial charge in [0.05, 0.1) is 6.61 Å². The molecule has 0 fully saturated rings. The topological polar surface area (TPSA) is 9.23 Å². The molecule has 0 bridgehead atoms. The van der Waals surface area contributed by atoms with Gasteiger partial charge in [-0.15, -0.1) is 0 Å². The minimum Gasteiger partial charge on any atom is -0.494 e. The lowest BCUT2D eigenvalue weighted by atomic mass is 9.89. The first-order valence-electron chi connectivity index (χ1n) is 4.65. The van der Waals surface area contributed by atoms with Gasteiger partial charge in [0.1, 0.15) is 5.75 Å². The standard InChI is InChI=1S/C11H14O/c1-2-7-12-11-6-5-9-3-4-10(9)8-11/h5-6,8H,2-4,7H2,1H3. The Labute approximate surface area is 73.4 Å². The Balaban J connectivity index is 2.08. The molecular weight excluding hydrogens is 148 g/mol. The van der Waals surface area contributed by atoms with Gasteiger partial charge in [-0.2, -0.15) is 0 Å². The largest absolute Gasteiger partial charge is 0.494 e. The molecule has 0 spiro atoms. The van der Waals surface area contributed by atoms with Crippen LogP contribution in [-0.4, -0.2) is 6.61 Å². The number of benzene rings is 1. The molecule has 1 aliphatic rings. The summed E-state index contributed by atoms with van der Waals surface area (Å²) in [6, 6.07) is 6.44. The molecular formula is C11H14O. The van der Waals surface area contributed by atoms with Gasteiger partial charge in [0.15, 0.2) is 0 Å². The Morgan fingerprint density at radius 1 is 1.25 bits per heavy atom. The van der Waals surface area contributed by atoms with Gasteiger partial charge < -0.3 is 4.74 Å². The van der Waals surface area contributed by atoms with E-state index in [4.69, 9.17) is 4.74 Å². The van der Waals surface area contributed by atoms with Crippen molar-refractivity contribution in [3.05, 3.63) is 29.3 Å². The molecule has 64 valence electrons. The summed E-state index contributed by atoms with van der Waals surface area (Å²) >= 11 is 0. The molecule has 0 aromatic heterocycles. The van der Waals surface area contributed by atoms with E-state index in [9.17, 15) is 0 Å². The second-order valence-electron chi connectivity index (χ2n) is 3.28. The van der Waals surface area contributed by atoms with Crippen LogP contribution in [0.1, 0.15) is 24.5 Å². The second-order valence-corrected chi connectivity index (χ2v) is 3.28. The van der Waals surface area contributed by atoms with Gasteiger partial charge in [-0.05, 0) is 42.5 Å². The van der Waals surface area contributed by atoms with E-state index >= 15 is 0 Å². The van der Waals surface area contributed by atoms with Crippen molar-refractivity contribution in [3.8, 4) is 5.75 Å². The predicted octanol–water partition coefficient (Wildman–Crippen LogP) is 2.57. The normalized spacial score (nSPS) is 13.4. The van der Waals surface area contributed by atoms with Crippen molar-refractivity contribution in [3.63, 3.8) is 0 Å². The Morgan fingerprint density at radius 3 is 2.67 bits per heavy atom. The first-order chi connectivity index (χ1) is 5.90. The third-order valence-electron chi connectivity index (χ3n) is 2.31. The van der Waals surface area contributed by atoms with E-state index in [2.05, 4.69) is 25.1 Å². The van der Waals surface area contributed by atoms with Gasteiger partial charge in [-0.1, -0.05) is 13.0 Å². The molecule has 0 unspecified atom stereocenters. The van der Waals surface area contributed by atoms with Crippen LogP contribution in [-0.2, 0) is 12.8 Å². The smallest absolute Gasteiger partial charge is 0.119 e. The van der Waals surface area contributed by atoms with Crippen LogP contribution in [0.3, 0.4) is 0 Å². The maximum absolute atomic E-state index is 5.52. The van der Waals surface area contributed by atoms with Crippen LogP contribution in [0.15, 0.2) is 18.2 Å². The fourth-order valence-electron chi connectivity index (χ4n) is 1.48. The molecule has 0 saturated heterocycles. The molecule has 0 atom stereocenters. The number of fused-ring (bicyclic) bond motifs is 1. The molecule has 0 N–H and O–H groups in total. The molecule has 1 aliphatic carbocycles. The molecule has 0 heterocycles. The van der Waals surface area contributed by atoms with Crippen molar-refractivity contribution < 1.29 is 4.74 Å². The van der Waals surface area contributed by atoms with Crippen molar-refractivity contribution in [2.24, 2.45) is 0 Å².